The van der Waals surface area contributed by atoms with Crippen LogP contribution >= 0.6 is 23.2 Å². The van der Waals surface area contributed by atoms with Gasteiger partial charge in [-0.3, -0.25) is 0 Å². The summed E-state index contributed by atoms with van der Waals surface area (Å²) < 4.78 is 26.9. The van der Waals surface area contributed by atoms with Gasteiger partial charge in [0, 0.05) is 18.5 Å². The van der Waals surface area contributed by atoms with Crippen molar-refractivity contribution in [2.24, 2.45) is 0 Å². The Bertz CT molecular complexity index is 533. The molecule has 0 amide bonds. The smallest absolute Gasteiger partial charge is 0.207 e. The van der Waals surface area contributed by atoms with Gasteiger partial charge in [-0.05, 0) is 37.8 Å². The Morgan fingerprint density at radius 2 is 2.05 bits per heavy atom. The zero-order valence-corrected chi connectivity index (χ0v) is 12.9. The molecule has 2 rings (SSSR count). The van der Waals surface area contributed by atoms with Crippen molar-refractivity contribution >= 4 is 33.2 Å². The molecule has 1 aliphatic rings. The van der Waals surface area contributed by atoms with Crippen molar-refractivity contribution < 1.29 is 8.42 Å². The van der Waals surface area contributed by atoms with Crippen molar-refractivity contribution in [3.63, 3.8) is 0 Å². The fraction of sp³-hybridized carbons (Fsp3) is 0.538. The van der Waals surface area contributed by atoms with Crippen LogP contribution in [0.25, 0.3) is 0 Å². The first-order chi connectivity index (χ1) is 9.07. The lowest BCUT2D eigenvalue weighted by atomic mass is 10.1. The van der Waals surface area contributed by atoms with Crippen LogP contribution in [0.3, 0.4) is 0 Å². The molecule has 0 radical (unpaired) electrons. The second-order valence-electron chi connectivity index (χ2n) is 4.67. The molecule has 1 fully saturated rings. The number of halogens is 2. The third-order valence-corrected chi connectivity index (χ3v) is 6.14. The predicted molar refractivity (Wildman–Crippen MR) is 78.3 cm³/mol. The van der Waals surface area contributed by atoms with Gasteiger partial charge >= 0.3 is 0 Å². The van der Waals surface area contributed by atoms with E-state index in [2.05, 4.69) is 0 Å². The van der Waals surface area contributed by atoms with Crippen LogP contribution in [0.15, 0.2) is 29.2 Å². The van der Waals surface area contributed by atoms with E-state index in [0.717, 1.165) is 25.7 Å². The van der Waals surface area contributed by atoms with Gasteiger partial charge in [0.25, 0.3) is 0 Å². The van der Waals surface area contributed by atoms with Crippen LogP contribution in [0.4, 0.5) is 0 Å². The molecule has 0 aliphatic carbocycles. The summed E-state index contributed by atoms with van der Waals surface area (Å²) in [6.45, 7) is 0.570. The Morgan fingerprint density at radius 3 is 2.74 bits per heavy atom. The van der Waals surface area contributed by atoms with E-state index in [4.69, 9.17) is 23.2 Å². The number of alkyl halides is 1. The van der Waals surface area contributed by atoms with E-state index in [1.165, 1.54) is 0 Å². The van der Waals surface area contributed by atoms with Gasteiger partial charge in [-0.25, -0.2) is 8.42 Å². The van der Waals surface area contributed by atoms with E-state index in [0.29, 0.717) is 12.4 Å². The van der Waals surface area contributed by atoms with Gasteiger partial charge < -0.3 is 0 Å². The summed E-state index contributed by atoms with van der Waals surface area (Å²) in [5, 5.41) is 0.283. The van der Waals surface area contributed by atoms with Crippen molar-refractivity contribution in [1.29, 1.82) is 0 Å². The standard InChI is InChI=1S/C13H17Cl2NO2S/c14-9-3-5-11-6-4-10-16(11)19(17,18)13-8-2-1-7-12(13)15/h1-2,7-8,11H,3-6,9-10H2. The summed E-state index contributed by atoms with van der Waals surface area (Å²) in [7, 11) is -3.49. The molecule has 1 heterocycles. The van der Waals surface area contributed by atoms with Gasteiger partial charge in [0.1, 0.15) is 4.90 Å². The van der Waals surface area contributed by atoms with Gasteiger partial charge in [-0.1, -0.05) is 23.7 Å². The van der Waals surface area contributed by atoms with Gasteiger partial charge in [0.2, 0.25) is 10.0 Å². The van der Waals surface area contributed by atoms with Crippen LogP contribution in [-0.2, 0) is 10.0 Å². The molecule has 1 aliphatic heterocycles. The Kier molecular flexibility index (Phi) is 5.12. The molecule has 6 heteroatoms. The average Bonchev–Trinajstić information content (AvgIpc) is 2.85. The largest absolute Gasteiger partial charge is 0.244 e. The molecule has 19 heavy (non-hydrogen) atoms. The van der Waals surface area contributed by atoms with Crippen molar-refractivity contribution in [3.8, 4) is 0 Å². The molecular weight excluding hydrogens is 305 g/mol. The minimum Gasteiger partial charge on any atom is -0.207 e. The molecule has 1 saturated heterocycles. The Balaban J connectivity index is 2.26. The minimum atomic E-state index is -3.49. The first-order valence-electron chi connectivity index (χ1n) is 6.39. The summed E-state index contributed by atoms with van der Waals surface area (Å²) in [6, 6.07) is 6.66. The number of hydrogen-bond donors (Lipinski definition) is 0. The number of hydrogen-bond acceptors (Lipinski definition) is 2. The average molecular weight is 322 g/mol. The lowest BCUT2D eigenvalue weighted by Gasteiger charge is -2.24. The number of sulfonamides is 1. The lowest BCUT2D eigenvalue weighted by molar-refractivity contribution is 0.368. The maximum absolute atomic E-state index is 12.6. The summed E-state index contributed by atoms with van der Waals surface area (Å²) in [5.74, 6) is 0.566. The molecule has 1 unspecified atom stereocenters. The Morgan fingerprint density at radius 1 is 1.32 bits per heavy atom. The highest BCUT2D eigenvalue weighted by Gasteiger charge is 2.35. The number of benzene rings is 1. The SMILES string of the molecule is O=S(=O)(c1ccccc1Cl)N1CCCC1CCCCl. The number of rotatable bonds is 5. The molecule has 1 aromatic rings. The van der Waals surface area contributed by atoms with Crippen LogP contribution in [0.1, 0.15) is 25.7 Å². The first kappa shape index (κ1) is 15.1. The third kappa shape index (κ3) is 3.24. The molecule has 0 saturated carbocycles. The van der Waals surface area contributed by atoms with E-state index in [1.54, 1.807) is 28.6 Å². The molecular formula is C13H17Cl2NO2S. The lowest BCUT2D eigenvalue weighted by Crippen LogP contribution is -2.35. The van der Waals surface area contributed by atoms with Gasteiger partial charge in [-0.15, -0.1) is 11.6 Å². The molecule has 3 nitrogen and oxygen atoms in total. The van der Waals surface area contributed by atoms with Crippen LogP contribution in [0.5, 0.6) is 0 Å². The highest BCUT2D eigenvalue weighted by atomic mass is 35.5. The topological polar surface area (TPSA) is 37.4 Å². The summed E-state index contributed by atoms with van der Waals surface area (Å²) in [5.41, 5.74) is 0. The van der Waals surface area contributed by atoms with Gasteiger partial charge in [-0.2, -0.15) is 4.31 Å². The van der Waals surface area contributed by atoms with Crippen molar-refractivity contribution in [1.82, 2.24) is 4.31 Å². The molecule has 1 aromatic carbocycles. The van der Waals surface area contributed by atoms with Crippen molar-refractivity contribution in [2.75, 3.05) is 12.4 Å². The monoisotopic (exact) mass is 321 g/mol. The maximum atomic E-state index is 12.6. The van der Waals surface area contributed by atoms with Crippen molar-refractivity contribution in [3.05, 3.63) is 29.3 Å². The molecule has 0 bridgehead atoms. The molecule has 0 aromatic heterocycles. The van der Waals surface area contributed by atoms with E-state index in [-0.39, 0.29) is 16.0 Å². The first-order valence-corrected chi connectivity index (χ1v) is 8.75. The minimum absolute atomic E-state index is 0.0556. The van der Waals surface area contributed by atoms with Crippen molar-refractivity contribution in [2.45, 2.75) is 36.6 Å². The summed E-state index contributed by atoms with van der Waals surface area (Å²) in [4.78, 5) is 0.203. The number of nitrogens with zero attached hydrogens (tertiary/aromatic N) is 1. The van der Waals surface area contributed by atoms with E-state index in [1.807, 2.05) is 0 Å². The van der Waals surface area contributed by atoms with E-state index >= 15 is 0 Å². The van der Waals surface area contributed by atoms with Gasteiger partial charge in [0.15, 0.2) is 0 Å². The quantitative estimate of drug-likeness (QED) is 0.778. The Labute approximate surface area is 124 Å². The second-order valence-corrected chi connectivity index (χ2v) is 7.32. The Hall–Kier alpha value is -0.290. The maximum Gasteiger partial charge on any atom is 0.244 e. The fourth-order valence-corrected chi connectivity index (χ4v) is 4.88. The van der Waals surface area contributed by atoms with Crippen LogP contribution in [-0.4, -0.2) is 31.2 Å². The van der Waals surface area contributed by atoms with E-state index < -0.39 is 10.0 Å². The molecule has 0 spiro atoms. The van der Waals surface area contributed by atoms with Crippen LogP contribution < -0.4 is 0 Å². The highest BCUT2D eigenvalue weighted by molar-refractivity contribution is 7.89. The normalized spacial score (nSPS) is 20.8. The molecule has 1 atom stereocenters. The second kappa shape index (κ2) is 6.44. The predicted octanol–water partition coefficient (Wildman–Crippen LogP) is 3.51. The van der Waals surface area contributed by atoms with E-state index in [9.17, 15) is 8.42 Å². The highest BCUT2D eigenvalue weighted by Crippen LogP contribution is 2.31. The fourth-order valence-electron chi connectivity index (χ4n) is 2.51. The molecule has 106 valence electrons. The van der Waals surface area contributed by atoms with Gasteiger partial charge in [0.05, 0.1) is 5.02 Å². The zero-order valence-electron chi connectivity index (χ0n) is 10.6. The molecule has 0 N–H and O–H groups in total. The third-order valence-electron chi connectivity index (χ3n) is 3.42. The summed E-state index contributed by atoms with van der Waals surface area (Å²) >= 11 is 11.7. The van der Waals surface area contributed by atoms with Crippen LogP contribution in [0.2, 0.25) is 5.02 Å². The summed E-state index contributed by atoms with van der Waals surface area (Å²) in [6.07, 6.45) is 3.45. The zero-order chi connectivity index (χ0) is 13.9. The van der Waals surface area contributed by atoms with Crippen LogP contribution in [0, 0.1) is 0 Å².